The Balaban J connectivity index is 0.000000304. The molecule has 38 heavy (non-hydrogen) atoms. The third kappa shape index (κ3) is 7.07. The molecule has 0 aliphatic heterocycles. The number of benzene rings is 1. The van der Waals surface area contributed by atoms with Crippen molar-refractivity contribution in [2.45, 2.75) is 59.2 Å². The average molecular weight is 591 g/mol. The Morgan fingerprint density at radius 1 is 1.18 bits per heavy atom. The highest BCUT2D eigenvalue weighted by atomic mass is 79.9. The molecule has 0 bridgehead atoms. The van der Waals surface area contributed by atoms with E-state index in [0.29, 0.717) is 16.5 Å². The maximum atomic E-state index is 13.8. The van der Waals surface area contributed by atoms with Crippen molar-refractivity contribution in [3.8, 4) is 11.3 Å². The minimum absolute atomic E-state index is 0.189. The summed E-state index contributed by atoms with van der Waals surface area (Å²) in [6.07, 6.45) is 6.98. The van der Waals surface area contributed by atoms with Gasteiger partial charge in [0.2, 0.25) is 5.82 Å². The molecule has 0 saturated heterocycles. The summed E-state index contributed by atoms with van der Waals surface area (Å²) in [4.78, 5) is 12.4. The van der Waals surface area contributed by atoms with E-state index in [1.807, 2.05) is 34.9 Å². The van der Waals surface area contributed by atoms with Gasteiger partial charge < -0.3 is 15.2 Å². The Bertz CT molecular complexity index is 1430. The highest BCUT2D eigenvalue weighted by Gasteiger charge is 2.22. The van der Waals surface area contributed by atoms with E-state index >= 15 is 0 Å². The van der Waals surface area contributed by atoms with Crippen LogP contribution in [-0.2, 0) is 18.5 Å². The van der Waals surface area contributed by atoms with Crippen molar-refractivity contribution < 1.29 is 18.8 Å². The molecule has 0 fully saturated rings. The number of hydrogen-bond acceptors (Lipinski definition) is 6. The molecule has 0 spiro atoms. The number of rotatable bonds is 6. The highest BCUT2D eigenvalue weighted by molar-refractivity contribution is 9.10. The zero-order chi connectivity index (χ0) is 28.2. The molecule has 1 atom stereocenters. The van der Waals surface area contributed by atoms with Crippen LogP contribution < -0.4 is 0 Å². The van der Waals surface area contributed by atoms with Gasteiger partial charge in [-0.3, -0.25) is 9.36 Å². The molecular formula is C26H29BrF2N6O3. The summed E-state index contributed by atoms with van der Waals surface area (Å²) in [6.45, 7) is 10.8. The van der Waals surface area contributed by atoms with Crippen molar-refractivity contribution in [1.82, 2.24) is 24.5 Å². The van der Waals surface area contributed by atoms with Crippen LogP contribution in [0, 0.1) is 21.7 Å². The van der Waals surface area contributed by atoms with E-state index in [1.165, 1.54) is 18.3 Å². The number of aryl methyl sites for hydroxylation is 1. The molecule has 0 radical (unpaired) electrons. The summed E-state index contributed by atoms with van der Waals surface area (Å²) in [5.41, 5.74) is 3.99. The Labute approximate surface area is 227 Å². The molecule has 0 unspecified atom stereocenters. The minimum atomic E-state index is -0.940. The van der Waals surface area contributed by atoms with E-state index in [-0.39, 0.29) is 11.4 Å². The zero-order valence-electron chi connectivity index (χ0n) is 21.7. The number of nitrogens with zero attached hydrogens (tertiary/aromatic N) is 6. The summed E-state index contributed by atoms with van der Waals surface area (Å²) in [5.74, 6) is -2.06. The first-order chi connectivity index (χ1) is 17.8. The van der Waals surface area contributed by atoms with Crippen molar-refractivity contribution in [3.63, 3.8) is 0 Å². The van der Waals surface area contributed by atoms with Crippen LogP contribution in [0.4, 0.5) is 14.6 Å². The summed E-state index contributed by atoms with van der Waals surface area (Å²) in [6, 6.07) is 5.49. The van der Waals surface area contributed by atoms with Gasteiger partial charge in [0, 0.05) is 42.6 Å². The van der Waals surface area contributed by atoms with Gasteiger partial charge in [0.15, 0.2) is 6.20 Å². The fraction of sp³-hybridized carbons (Fsp3) is 0.346. The number of aliphatic hydroxyl groups excluding tert-OH is 1. The molecule has 1 aromatic carbocycles. The molecule has 12 heteroatoms. The van der Waals surface area contributed by atoms with Crippen molar-refractivity contribution >= 4 is 21.7 Å². The number of halogens is 3. The summed E-state index contributed by atoms with van der Waals surface area (Å²) in [5, 5.41) is 29.3. The quantitative estimate of drug-likeness (QED) is 0.211. The van der Waals surface area contributed by atoms with Crippen LogP contribution in [-0.4, -0.2) is 34.6 Å². The summed E-state index contributed by atoms with van der Waals surface area (Å²) in [7, 11) is 0. The number of pyridine rings is 1. The van der Waals surface area contributed by atoms with Crippen LogP contribution in [0.3, 0.4) is 0 Å². The number of aromatic nitrogens is 5. The molecule has 0 aliphatic rings. The Morgan fingerprint density at radius 3 is 2.45 bits per heavy atom. The van der Waals surface area contributed by atoms with Gasteiger partial charge in [-0.2, -0.15) is 14.6 Å². The summed E-state index contributed by atoms with van der Waals surface area (Å²) >= 11 is 2.92. The molecule has 4 rings (SSSR count). The Morgan fingerprint density at radius 2 is 1.89 bits per heavy atom. The predicted octanol–water partition coefficient (Wildman–Crippen LogP) is 6.20. The van der Waals surface area contributed by atoms with Gasteiger partial charge in [-0.15, -0.1) is 0 Å². The van der Waals surface area contributed by atoms with E-state index in [0.717, 1.165) is 35.0 Å². The topological polar surface area (TPSA) is 112 Å². The first kappa shape index (κ1) is 29.1. The smallest absolute Gasteiger partial charge is 0.389 e. The SMILES string of the molecule is CCn1cc(Cc2cn(C(C)(C)C)nc2-c2ccc(F)cc2[C@@H](C)O)cn1.O=[N+]([O-])c1ncc(Br)cc1F. The predicted molar refractivity (Wildman–Crippen MR) is 143 cm³/mol. The lowest BCUT2D eigenvalue weighted by molar-refractivity contribution is -0.392. The van der Waals surface area contributed by atoms with Crippen LogP contribution in [0.5, 0.6) is 0 Å². The van der Waals surface area contributed by atoms with Crippen molar-refractivity contribution in [2.75, 3.05) is 0 Å². The van der Waals surface area contributed by atoms with Gasteiger partial charge in [-0.05, 0) is 89.8 Å². The van der Waals surface area contributed by atoms with Crippen molar-refractivity contribution in [2.24, 2.45) is 0 Å². The van der Waals surface area contributed by atoms with Gasteiger partial charge in [0.25, 0.3) is 0 Å². The van der Waals surface area contributed by atoms with E-state index in [1.54, 1.807) is 13.0 Å². The van der Waals surface area contributed by atoms with Gasteiger partial charge in [-0.1, -0.05) is 0 Å². The number of aliphatic hydroxyl groups is 1. The molecule has 9 nitrogen and oxygen atoms in total. The van der Waals surface area contributed by atoms with E-state index in [2.05, 4.69) is 46.8 Å². The molecule has 0 amide bonds. The normalized spacial score (nSPS) is 12.1. The molecule has 202 valence electrons. The van der Waals surface area contributed by atoms with E-state index in [9.17, 15) is 24.0 Å². The maximum absolute atomic E-state index is 13.8. The molecule has 3 aromatic heterocycles. The number of hydrogen-bond donors (Lipinski definition) is 1. The number of nitro groups is 1. The van der Waals surface area contributed by atoms with Crippen LogP contribution in [0.1, 0.15) is 57.4 Å². The van der Waals surface area contributed by atoms with Crippen LogP contribution >= 0.6 is 15.9 Å². The van der Waals surface area contributed by atoms with Crippen LogP contribution in [0.15, 0.2) is 53.5 Å². The second-order valence-electron chi connectivity index (χ2n) is 9.62. The lowest BCUT2D eigenvalue weighted by Crippen LogP contribution is -2.22. The van der Waals surface area contributed by atoms with Crippen molar-refractivity contribution in [1.29, 1.82) is 0 Å². The van der Waals surface area contributed by atoms with Gasteiger partial charge in [-0.25, -0.2) is 4.39 Å². The monoisotopic (exact) mass is 590 g/mol. The molecule has 1 N–H and O–H groups in total. The molecule has 4 aromatic rings. The highest BCUT2D eigenvalue weighted by Crippen LogP contribution is 2.33. The van der Waals surface area contributed by atoms with E-state index in [4.69, 9.17) is 5.10 Å². The molecular weight excluding hydrogens is 562 g/mol. The van der Waals surface area contributed by atoms with Gasteiger partial charge >= 0.3 is 5.82 Å². The van der Waals surface area contributed by atoms with Crippen LogP contribution in [0.25, 0.3) is 11.3 Å². The van der Waals surface area contributed by atoms with Gasteiger partial charge in [0.05, 0.1) is 28.0 Å². The fourth-order valence-corrected chi connectivity index (χ4v) is 3.94. The average Bonchev–Trinajstić information content (AvgIpc) is 3.46. The van der Waals surface area contributed by atoms with Crippen molar-refractivity contribution in [3.05, 3.63) is 92.0 Å². The first-order valence-electron chi connectivity index (χ1n) is 11.8. The largest absolute Gasteiger partial charge is 0.399 e. The van der Waals surface area contributed by atoms with Gasteiger partial charge in [0.1, 0.15) is 5.82 Å². The van der Waals surface area contributed by atoms with Crippen LogP contribution in [0.2, 0.25) is 0 Å². The first-order valence-corrected chi connectivity index (χ1v) is 12.6. The van der Waals surface area contributed by atoms with E-state index < -0.39 is 22.7 Å². The lowest BCUT2D eigenvalue weighted by atomic mass is 9.96. The molecule has 0 aliphatic carbocycles. The fourth-order valence-electron chi connectivity index (χ4n) is 3.64. The molecule has 3 heterocycles. The third-order valence-electron chi connectivity index (χ3n) is 5.56. The maximum Gasteiger partial charge on any atom is 0.399 e. The standard InChI is InChI=1S/C21H27FN4O.C5H2BrFN2O2/c1-6-25-12-15(11-23-25)9-16-13-26(21(3,4)5)24-20(16)18-8-7-17(22)10-19(18)14(2)27;6-3-1-4(7)5(8-2-3)9(10)11/h7-8,10-14,27H,6,9H2,1-5H3;1-2H/t14-;/m1./s1. The Hall–Kier alpha value is -3.51. The Kier molecular flexibility index (Phi) is 9.10. The second kappa shape index (κ2) is 11.9. The molecule has 0 saturated carbocycles. The summed E-state index contributed by atoms with van der Waals surface area (Å²) < 4.78 is 30.5. The second-order valence-corrected chi connectivity index (χ2v) is 10.5. The zero-order valence-corrected chi connectivity index (χ0v) is 23.3. The third-order valence-corrected chi connectivity index (χ3v) is 6.00. The minimum Gasteiger partial charge on any atom is -0.389 e. The lowest BCUT2D eigenvalue weighted by Gasteiger charge is -2.19.